The summed E-state index contributed by atoms with van der Waals surface area (Å²) in [4.78, 5) is 41.2. The van der Waals surface area contributed by atoms with E-state index in [0.717, 1.165) is 30.5 Å². The van der Waals surface area contributed by atoms with E-state index in [0.29, 0.717) is 25.7 Å². The monoisotopic (exact) mass is 568 g/mol. The van der Waals surface area contributed by atoms with E-state index in [9.17, 15) is 29.7 Å². The zero-order valence-corrected chi connectivity index (χ0v) is 23.6. The highest BCUT2D eigenvalue weighted by atomic mass is 16.6. The molecule has 1 amide bonds. The van der Waals surface area contributed by atoms with Crippen LogP contribution in [0.4, 0.5) is 0 Å². The van der Waals surface area contributed by atoms with Gasteiger partial charge in [-0.05, 0) is 91.9 Å². The number of carbonyl (C=O) groups is 3. The number of allylic oxidation sites excluding steroid dienone is 2. The molecule has 41 heavy (non-hydrogen) atoms. The van der Waals surface area contributed by atoms with Crippen LogP contribution in [0.3, 0.4) is 0 Å². The van der Waals surface area contributed by atoms with E-state index in [1.54, 1.807) is 12.1 Å². The van der Waals surface area contributed by atoms with Crippen LogP contribution in [0.1, 0.15) is 74.7 Å². The topological polar surface area (TPSA) is 166 Å². The van der Waals surface area contributed by atoms with Gasteiger partial charge in [-0.1, -0.05) is 36.7 Å². The SMILES string of the molecule is C[C@]12CCC(=NOCC(=O)NCc3ccc(C(=O)O)cc3)C=C1CC[C@@H]1[C@@H]2[C@@H](O)C[C@@]2(C)[C@H]1CC[C@]2(O)C(=O)CO. The third-order valence-electron chi connectivity index (χ3n) is 10.7. The van der Waals surface area contributed by atoms with Crippen molar-refractivity contribution < 1.29 is 39.6 Å². The van der Waals surface area contributed by atoms with Gasteiger partial charge in [-0.3, -0.25) is 9.59 Å². The number of aromatic carboxylic acids is 1. The van der Waals surface area contributed by atoms with Crippen molar-refractivity contribution in [1.29, 1.82) is 0 Å². The number of hydrogen-bond donors (Lipinski definition) is 5. The summed E-state index contributed by atoms with van der Waals surface area (Å²) in [7, 11) is 0. The lowest BCUT2D eigenvalue weighted by Crippen LogP contribution is -2.62. The molecule has 0 saturated heterocycles. The van der Waals surface area contributed by atoms with E-state index in [1.807, 2.05) is 13.0 Å². The van der Waals surface area contributed by atoms with E-state index in [-0.39, 0.29) is 47.8 Å². The number of rotatable bonds is 8. The molecule has 4 aliphatic rings. The number of benzene rings is 1. The summed E-state index contributed by atoms with van der Waals surface area (Å²) in [6.07, 6.45) is 5.81. The van der Waals surface area contributed by atoms with E-state index in [1.165, 1.54) is 17.7 Å². The fourth-order valence-corrected chi connectivity index (χ4v) is 8.56. The zero-order valence-electron chi connectivity index (χ0n) is 23.6. The summed E-state index contributed by atoms with van der Waals surface area (Å²) in [5, 5.41) is 48.4. The number of aliphatic hydroxyl groups excluding tert-OH is 2. The summed E-state index contributed by atoms with van der Waals surface area (Å²) in [6, 6.07) is 6.27. The summed E-state index contributed by atoms with van der Waals surface area (Å²) in [5.74, 6) is -1.61. The Morgan fingerprint density at radius 3 is 2.51 bits per heavy atom. The minimum Gasteiger partial charge on any atom is -0.478 e. The smallest absolute Gasteiger partial charge is 0.335 e. The van der Waals surface area contributed by atoms with E-state index in [4.69, 9.17) is 9.94 Å². The van der Waals surface area contributed by atoms with Gasteiger partial charge >= 0.3 is 5.97 Å². The van der Waals surface area contributed by atoms with Crippen LogP contribution in [-0.2, 0) is 21.0 Å². The number of nitrogens with zero attached hydrogens (tertiary/aromatic N) is 1. The Morgan fingerprint density at radius 2 is 1.83 bits per heavy atom. The predicted octanol–water partition coefficient (Wildman–Crippen LogP) is 2.60. The van der Waals surface area contributed by atoms with Crippen LogP contribution < -0.4 is 5.32 Å². The Kier molecular flexibility index (Phi) is 7.86. The van der Waals surface area contributed by atoms with Gasteiger partial charge in [0.2, 0.25) is 0 Å². The molecule has 3 fully saturated rings. The van der Waals surface area contributed by atoms with Crippen LogP contribution in [0.5, 0.6) is 0 Å². The van der Waals surface area contributed by atoms with Crippen molar-refractivity contribution in [2.45, 2.75) is 77.0 Å². The molecule has 0 heterocycles. The van der Waals surface area contributed by atoms with Gasteiger partial charge < -0.3 is 30.6 Å². The number of carboxylic acid groups (broad SMARTS) is 1. The number of nitrogens with one attached hydrogen (secondary N) is 1. The van der Waals surface area contributed by atoms with Gasteiger partial charge in [-0.25, -0.2) is 4.79 Å². The highest BCUT2D eigenvalue weighted by Crippen LogP contribution is 2.67. The van der Waals surface area contributed by atoms with Gasteiger partial charge in [-0.15, -0.1) is 0 Å². The molecular weight excluding hydrogens is 528 g/mol. The Labute approximate surface area is 239 Å². The minimum absolute atomic E-state index is 0.00460. The number of Topliss-reactive ketones (excluding diaryl/α,β-unsaturated/α-hetero) is 1. The fraction of sp³-hybridized carbons (Fsp3) is 0.613. The van der Waals surface area contributed by atoms with Crippen LogP contribution in [-0.4, -0.2) is 68.7 Å². The molecule has 4 aliphatic carbocycles. The van der Waals surface area contributed by atoms with Gasteiger partial charge in [0.15, 0.2) is 12.4 Å². The third kappa shape index (κ3) is 5.00. The van der Waals surface area contributed by atoms with Crippen LogP contribution in [0.25, 0.3) is 0 Å². The molecule has 1 aromatic rings. The molecule has 5 rings (SSSR count). The summed E-state index contributed by atoms with van der Waals surface area (Å²) in [5.41, 5.74) is 0.323. The van der Waals surface area contributed by atoms with Gasteiger partial charge in [0.05, 0.1) is 17.4 Å². The Morgan fingerprint density at radius 1 is 1.10 bits per heavy atom. The second-order valence-electron chi connectivity index (χ2n) is 12.7. The van der Waals surface area contributed by atoms with Gasteiger partial charge in [-0.2, -0.15) is 0 Å². The van der Waals surface area contributed by atoms with E-state index < -0.39 is 35.5 Å². The quantitative estimate of drug-likeness (QED) is 0.299. The molecular formula is C31H40N2O8. The Balaban J connectivity index is 1.21. The molecule has 0 radical (unpaired) electrons. The minimum atomic E-state index is -1.60. The first-order valence-corrected chi connectivity index (χ1v) is 14.5. The van der Waals surface area contributed by atoms with Crippen molar-refractivity contribution in [2.24, 2.45) is 33.7 Å². The van der Waals surface area contributed by atoms with Crippen molar-refractivity contribution in [3.63, 3.8) is 0 Å². The average molecular weight is 569 g/mol. The molecule has 10 nitrogen and oxygen atoms in total. The number of aliphatic hydroxyl groups is 3. The molecule has 5 N–H and O–H groups in total. The predicted molar refractivity (Wildman–Crippen MR) is 149 cm³/mol. The summed E-state index contributed by atoms with van der Waals surface area (Å²) < 4.78 is 0. The molecule has 0 spiro atoms. The van der Waals surface area contributed by atoms with Crippen LogP contribution in [0.2, 0.25) is 0 Å². The van der Waals surface area contributed by atoms with Gasteiger partial charge in [0, 0.05) is 12.0 Å². The van der Waals surface area contributed by atoms with E-state index in [2.05, 4.69) is 17.4 Å². The van der Waals surface area contributed by atoms with Crippen LogP contribution in [0.15, 0.2) is 41.1 Å². The number of carbonyl (C=O) groups excluding carboxylic acids is 2. The molecule has 10 heteroatoms. The van der Waals surface area contributed by atoms with Crippen LogP contribution in [0, 0.1) is 28.6 Å². The number of ketones is 1. The number of hydrogen-bond acceptors (Lipinski definition) is 8. The molecule has 0 unspecified atom stereocenters. The zero-order chi connectivity index (χ0) is 29.6. The Hall–Kier alpha value is -3.08. The maximum atomic E-state index is 12.6. The molecule has 1 aromatic carbocycles. The first-order chi connectivity index (χ1) is 19.4. The first-order valence-electron chi connectivity index (χ1n) is 14.5. The standard InChI is InChI=1S/C31H40N2O8/c1-29-11-9-21(33-41-17-26(37)32-15-18-3-5-19(6-4-18)28(38)39)13-20(29)7-8-22-23-10-12-31(40,25(36)16-34)30(23,2)14-24(35)27(22)29/h3-6,13,22-24,27,34-35,40H,7-12,14-17H2,1-2H3,(H,32,37)(H,38,39)/t22-,23-,24-,27+,29-,30-,31-/m0/s1. The summed E-state index contributed by atoms with van der Waals surface area (Å²) in [6.45, 7) is 3.44. The van der Waals surface area contributed by atoms with Crippen molar-refractivity contribution in [3.05, 3.63) is 47.0 Å². The van der Waals surface area contributed by atoms with E-state index >= 15 is 0 Å². The summed E-state index contributed by atoms with van der Waals surface area (Å²) >= 11 is 0. The maximum absolute atomic E-state index is 12.6. The lowest BCUT2D eigenvalue weighted by atomic mass is 9.45. The normalized spacial score (nSPS) is 36.9. The number of carboxylic acids is 1. The third-order valence-corrected chi connectivity index (χ3v) is 10.7. The maximum Gasteiger partial charge on any atom is 0.335 e. The molecule has 222 valence electrons. The first kappa shape index (κ1) is 29.4. The number of fused-ring (bicyclic) bond motifs is 5. The molecule has 0 aromatic heterocycles. The Bertz CT molecular complexity index is 1280. The van der Waals surface area contributed by atoms with Crippen molar-refractivity contribution in [2.75, 3.05) is 13.2 Å². The lowest BCUT2D eigenvalue weighted by molar-refractivity contribution is -0.181. The molecule has 7 atom stereocenters. The molecule has 0 aliphatic heterocycles. The lowest BCUT2D eigenvalue weighted by Gasteiger charge is -2.60. The second kappa shape index (κ2) is 11.0. The number of oxime groups is 1. The van der Waals surface area contributed by atoms with Crippen molar-refractivity contribution >= 4 is 23.4 Å². The highest BCUT2D eigenvalue weighted by Gasteiger charge is 2.68. The van der Waals surface area contributed by atoms with Crippen molar-refractivity contribution in [3.8, 4) is 0 Å². The fourth-order valence-electron chi connectivity index (χ4n) is 8.56. The van der Waals surface area contributed by atoms with Crippen molar-refractivity contribution in [1.82, 2.24) is 5.32 Å². The highest BCUT2D eigenvalue weighted by molar-refractivity contribution is 5.96. The number of amides is 1. The van der Waals surface area contributed by atoms with Crippen LogP contribution >= 0.6 is 0 Å². The molecule has 0 bridgehead atoms. The average Bonchev–Trinajstić information content (AvgIpc) is 3.22. The largest absolute Gasteiger partial charge is 0.478 e. The van der Waals surface area contributed by atoms with Gasteiger partial charge in [0.1, 0.15) is 12.2 Å². The molecule has 3 saturated carbocycles. The van der Waals surface area contributed by atoms with Gasteiger partial charge in [0.25, 0.3) is 5.91 Å². The second-order valence-corrected chi connectivity index (χ2v) is 12.7.